The van der Waals surface area contributed by atoms with E-state index in [0.717, 1.165) is 37.3 Å². The fourth-order valence-corrected chi connectivity index (χ4v) is 4.98. The van der Waals surface area contributed by atoms with Crippen molar-refractivity contribution >= 4 is 10.0 Å². The summed E-state index contributed by atoms with van der Waals surface area (Å²) in [6.45, 7) is 4.37. The van der Waals surface area contributed by atoms with Crippen LogP contribution in [0.4, 0.5) is 0 Å². The van der Waals surface area contributed by atoms with E-state index in [1.165, 1.54) is 4.31 Å². The van der Waals surface area contributed by atoms with Gasteiger partial charge in [0.15, 0.2) is 0 Å². The van der Waals surface area contributed by atoms with Gasteiger partial charge in [0, 0.05) is 44.5 Å². The van der Waals surface area contributed by atoms with Gasteiger partial charge in [-0.15, -0.1) is 0 Å². The Kier molecular flexibility index (Phi) is 4.90. The molecule has 142 valence electrons. The Bertz CT molecular complexity index is 926. The highest BCUT2D eigenvalue weighted by atomic mass is 32.2. The number of nitrogens with zero attached hydrogens (tertiary/aromatic N) is 2. The van der Waals surface area contributed by atoms with E-state index in [4.69, 9.17) is 0 Å². The summed E-state index contributed by atoms with van der Waals surface area (Å²) in [4.78, 5) is 2.54. The summed E-state index contributed by atoms with van der Waals surface area (Å²) in [6, 6.07) is 7.94. The highest BCUT2D eigenvalue weighted by Gasteiger charge is 2.31. The number of hydrogen-bond acceptors (Lipinski definition) is 5. The van der Waals surface area contributed by atoms with E-state index in [1.807, 2.05) is 6.08 Å². The molecule has 3 aliphatic rings. The topological polar surface area (TPSA) is 72.9 Å². The van der Waals surface area contributed by atoms with Gasteiger partial charge in [-0.05, 0) is 35.9 Å². The SMILES string of the molecule is O=S(=O)(c1ccccc1)N1C=CC2=CC1C=CC(O)=C2CN1CCNCC1. The summed E-state index contributed by atoms with van der Waals surface area (Å²) >= 11 is 0. The molecule has 0 aromatic heterocycles. The van der Waals surface area contributed by atoms with Gasteiger partial charge in [0.2, 0.25) is 0 Å². The molecule has 1 atom stereocenters. The van der Waals surface area contributed by atoms with Gasteiger partial charge in [-0.25, -0.2) is 8.42 Å². The average molecular weight is 385 g/mol. The lowest BCUT2D eigenvalue weighted by molar-refractivity contribution is 0.257. The van der Waals surface area contributed by atoms with Gasteiger partial charge in [0.1, 0.15) is 5.76 Å². The zero-order valence-electron chi connectivity index (χ0n) is 15.0. The largest absolute Gasteiger partial charge is 0.508 e. The maximum atomic E-state index is 13.0. The van der Waals surface area contributed by atoms with Crippen molar-refractivity contribution in [3.8, 4) is 0 Å². The number of piperazine rings is 1. The maximum Gasteiger partial charge on any atom is 0.264 e. The normalized spacial score (nSPS) is 23.3. The van der Waals surface area contributed by atoms with Crippen LogP contribution in [-0.4, -0.2) is 61.5 Å². The third-order valence-electron chi connectivity index (χ3n) is 5.06. The van der Waals surface area contributed by atoms with Crippen LogP contribution in [0, 0.1) is 0 Å². The van der Waals surface area contributed by atoms with Crippen molar-refractivity contribution in [2.24, 2.45) is 0 Å². The summed E-state index contributed by atoms with van der Waals surface area (Å²) in [5.41, 5.74) is 1.71. The molecule has 7 heteroatoms. The summed E-state index contributed by atoms with van der Waals surface area (Å²) in [7, 11) is -3.66. The Morgan fingerprint density at radius 3 is 2.59 bits per heavy atom. The van der Waals surface area contributed by atoms with Crippen LogP contribution in [-0.2, 0) is 10.0 Å². The molecule has 6 nitrogen and oxygen atoms in total. The number of benzene rings is 1. The first-order valence-electron chi connectivity index (χ1n) is 9.08. The number of nitrogens with one attached hydrogen (secondary N) is 1. The van der Waals surface area contributed by atoms with Gasteiger partial charge in [0.25, 0.3) is 10.0 Å². The first-order valence-corrected chi connectivity index (χ1v) is 10.5. The first-order chi connectivity index (χ1) is 13.1. The molecule has 0 saturated carbocycles. The third-order valence-corrected chi connectivity index (χ3v) is 6.85. The molecule has 27 heavy (non-hydrogen) atoms. The third kappa shape index (κ3) is 3.58. The Morgan fingerprint density at radius 2 is 1.85 bits per heavy atom. The standard InChI is InChI=1S/C20H23N3O3S/c24-20-7-6-17-14-16(19(20)15-22-12-9-21-10-13-22)8-11-23(17)27(25,26)18-4-2-1-3-5-18/h1-8,11,14,17,21,24H,9-10,12-13,15H2. The fourth-order valence-electron chi connectivity index (χ4n) is 3.57. The molecule has 0 amide bonds. The van der Waals surface area contributed by atoms with E-state index in [-0.39, 0.29) is 10.7 Å². The Labute approximate surface area is 159 Å². The maximum absolute atomic E-state index is 13.0. The van der Waals surface area contributed by atoms with Crippen LogP contribution in [0.1, 0.15) is 0 Å². The fraction of sp³-hybridized carbons (Fsp3) is 0.300. The number of sulfonamides is 1. The number of hydrogen-bond donors (Lipinski definition) is 2. The molecule has 1 aromatic rings. The molecule has 1 aliphatic carbocycles. The van der Waals surface area contributed by atoms with Crippen molar-refractivity contribution in [1.82, 2.24) is 14.5 Å². The molecule has 0 radical (unpaired) electrons. The number of aliphatic hydroxyl groups is 1. The molecular formula is C20H23N3O3S. The van der Waals surface area contributed by atoms with Gasteiger partial charge >= 0.3 is 0 Å². The monoisotopic (exact) mass is 385 g/mol. The lowest BCUT2D eigenvalue weighted by atomic mass is 10.0. The molecule has 0 spiro atoms. The second-order valence-corrected chi connectivity index (χ2v) is 8.67. The number of fused-ring (bicyclic) bond motifs is 1. The lowest BCUT2D eigenvalue weighted by Crippen LogP contribution is -2.44. The predicted octanol–water partition coefficient (Wildman–Crippen LogP) is 1.79. The smallest absolute Gasteiger partial charge is 0.264 e. The predicted molar refractivity (Wildman–Crippen MR) is 105 cm³/mol. The zero-order chi connectivity index (χ0) is 18.9. The minimum absolute atomic E-state index is 0.200. The summed E-state index contributed by atoms with van der Waals surface area (Å²) < 4.78 is 27.3. The highest BCUT2D eigenvalue weighted by molar-refractivity contribution is 7.89. The van der Waals surface area contributed by atoms with Crippen LogP contribution in [0.2, 0.25) is 0 Å². The molecule has 1 unspecified atom stereocenters. The van der Waals surface area contributed by atoms with Crippen molar-refractivity contribution in [2.75, 3.05) is 32.7 Å². The first kappa shape index (κ1) is 18.0. The molecule has 1 fully saturated rings. The minimum Gasteiger partial charge on any atom is -0.508 e. The summed E-state index contributed by atoms with van der Waals surface area (Å²) in [5, 5.41) is 13.9. The van der Waals surface area contributed by atoms with Crippen LogP contribution in [0.5, 0.6) is 0 Å². The van der Waals surface area contributed by atoms with Crippen LogP contribution < -0.4 is 5.32 Å². The van der Waals surface area contributed by atoms with Gasteiger partial charge < -0.3 is 10.4 Å². The van der Waals surface area contributed by atoms with E-state index in [0.29, 0.717) is 6.54 Å². The van der Waals surface area contributed by atoms with Crippen molar-refractivity contribution in [2.45, 2.75) is 10.9 Å². The number of allylic oxidation sites excluding steroid dienone is 2. The summed E-state index contributed by atoms with van der Waals surface area (Å²) in [5.74, 6) is 0.200. The van der Waals surface area contributed by atoms with Gasteiger partial charge in [-0.1, -0.05) is 24.3 Å². The average Bonchev–Trinajstić information content (AvgIpc) is 2.81. The molecule has 2 aliphatic heterocycles. The van der Waals surface area contributed by atoms with Crippen LogP contribution in [0.25, 0.3) is 0 Å². The molecule has 1 saturated heterocycles. The minimum atomic E-state index is -3.66. The van der Waals surface area contributed by atoms with E-state index in [9.17, 15) is 13.5 Å². The van der Waals surface area contributed by atoms with E-state index >= 15 is 0 Å². The Balaban J connectivity index is 1.61. The molecule has 2 bridgehead atoms. The number of aliphatic hydroxyl groups excluding tert-OH is 1. The highest BCUT2D eigenvalue weighted by Crippen LogP contribution is 2.30. The second-order valence-electron chi connectivity index (χ2n) is 6.83. The van der Waals surface area contributed by atoms with Crippen molar-refractivity contribution in [3.63, 3.8) is 0 Å². The van der Waals surface area contributed by atoms with Crippen LogP contribution >= 0.6 is 0 Å². The lowest BCUT2D eigenvalue weighted by Gasteiger charge is -2.31. The zero-order valence-corrected chi connectivity index (χ0v) is 15.8. The van der Waals surface area contributed by atoms with E-state index < -0.39 is 16.1 Å². The van der Waals surface area contributed by atoms with Gasteiger partial charge in [0.05, 0.1) is 10.9 Å². The van der Waals surface area contributed by atoms with Crippen molar-refractivity contribution in [3.05, 3.63) is 77.7 Å². The quantitative estimate of drug-likeness (QED) is 0.827. The molecule has 2 heterocycles. The Hall–Kier alpha value is -2.35. The second kappa shape index (κ2) is 7.34. The van der Waals surface area contributed by atoms with Crippen LogP contribution in [0.15, 0.2) is 82.6 Å². The van der Waals surface area contributed by atoms with E-state index in [2.05, 4.69) is 10.2 Å². The molecule has 1 aromatic carbocycles. The van der Waals surface area contributed by atoms with E-state index in [1.54, 1.807) is 54.8 Å². The van der Waals surface area contributed by atoms with Crippen molar-refractivity contribution < 1.29 is 13.5 Å². The summed E-state index contributed by atoms with van der Waals surface area (Å²) in [6.07, 6.45) is 8.62. The Morgan fingerprint density at radius 1 is 1.11 bits per heavy atom. The number of rotatable bonds is 4. The van der Waals surface area contributed by atoms with Crippen LogP contribution in [0.3, 0.4) is 0 Å². The van der Waals surface area contributed by atoms with Gasteiger partial charge in [-0.2, -0.15) is 0 Å². The molecule has 4 rings (SSSR count). The molecule has 2 N–H and O–H groups in total. The van der Waals surface area contributed by atoms with Gasteiger partial charge in [-0.3, -0.25) is 9.21 Å². The van der Waals surface area contributed by atoms with Crippen molar-refractivity contribution in [1.29, 1.82) is 0 Å². The molecular weight excluding hydrogens is 362 g/mol.